The number of nitrogens with one attached hydrogen (secondary N) is 1. The molecule has 0 saturated heterocycles. The van der Waals surface area contributed by atoms with Crippen molar-refractivity contribution in [2.75, 3.05) is 19.8 Å². The predicted molar refractivity (Wildman–Crippen MR) is 77.1 cm³/mol. The van der Waals surface area contributed by atoms with Crippen molar-refractivity contribution < 1.29 is 14.9 Å². The lowest BCUT2D eigenvalue weighted by Crippen LogP contribution is -2.37. The Hall–Kier alpha value is -0.520. The summed E-state index contributed by atoms with van der Waals surface area (Å²) in [4.78, 5) is 0. The Morgan fingerprint density at radius 2 is 2.11 bits per heavy atom. The van der Waals surface area contributed by atoms with Crippen molar-refractivity contribution in [3.05, 3.63) is 28.2 Å². The van der Waals surface area contributed by atoms with Gasteiger partial charge in [0.05, 0.1) is 5.02 Å². The second-order valence-corrected chi connectivity index (χ2v) is 5.20. The van der Waals surface area contributed by atoms with Gasteiger partial charge < -0.3 is 20.3 Å². The molecule has 0 amide bonds. The van der Waals surface area contributed by atoms with Crippen LogP contribution in [0.25, 0.3) is 0 Å². The van der Waals surface area contributed by atoms with Gasteiger partial charge in [-0.05, 0) is 31.5 Å². The fraction of sp³-hybridized carbons (Fsp3) is 0.538. The van der Waals surface area contributed by atoms with Crippen molar-refractivity contribution in [2.24, 2.45) is 0 Å². The zero-order chi connectivity index (χ0) is 14.3. The molecule has 0 bridgehead atoms. The number of benzene rings is 1. The maximum absolute atomic E-state index is 9.75. The van der Waals surface area contributed by atoms with Gasteiger partial charge in [-0.1, -0.05) is 23.2 Å². The number of aliphatic hydroxyl groups excluding tert-OH is 2. The Morgan fingerprint density at radius 1 is 1.37 bits per heavy atom. The molecule has 19 heavy (non-hydrogen) atoms. The minimum atomic E-state index is -0.645. The Labute approximate surface area is 123 Å². The summed E-state index contributed by atoms with van der Waals surface area (Å²) in [5.41, 5.74) is 0. The predicted octanol–water partition coefficient (Wildman–Crippen LogP) is 2.09. The second-order valence-electron chi connectivity index (χ2n) is 4.36. The number of ether oxygens (including phenoxy) is 1. The third-order valence-electron chi connectivity index (χ3n) is 2.59. The zero-order valence-corrected chi connectivity index (χ0v) is 12.3. The van der Waals surface area contributed by atoms with E-state index in [1.807, 2.05) is 6.92 Å². The number of rotatable bonds is 8. The van der Waals surface area contributed by atoms with Crippen LogP contribution in [0.1, 0.15) is 13.3 Å². The van der Waals surface area contributed by atoms with Crippen LogP contribution < -0.4 is 10.1 Å². The maximum atomic E-state index is 9.75. The molecule has 3 N–H and O–H groups in total. The molecule has 1 aromatic rings. The van der Waals surface area contributed by atoms with E-state index in [9.17, 15) is 5.11 Å². The van der Waals surface area contributed by atoms with Gasteiger partial charge in [-0.2, -0.15) is 0 Å². The lowest BCUT2D eigenvalue weighted by Gasteiger charge is -2.17. The normalized spacial score (nSPS) is 14.2. The Kier molecular flexibility index (Phi) is 7.49. The van der Waals surface area contributed by atoms with Gasteiger partial charge in [-0.3, -0.25) is 0 Å². The highest BCUT2D eigenvalue weighted by atomic mass is 35.5. The summed E-state index contributed by atoms with van der Waals surface area (Å²) in [6.45, 7) is 2.60. The van der Waals surface area contributed by atoms with Crippen LogP contribution in [-0.2, 0) is 0 Å². The van der Waals surface area contributed by atoms with Crippen LogP contribution in [0.15, 0.2) is 18.2 Å². The summed E-state index contributed by atoms with van der Waals surface area (Å²) in [6, 6.07) is 5.08. The van der Waals surface area contributed by atoms with E-state index in [2.05, 4.69) is 5.32 Å². The first kappa shape index (κ1) is 16.5. The number of hydrogen-bond acceptors (Lipinski definition) is 4. The molecule has 1 rings (SSSR count). The van der Waals surface area contributed by atoms with E-state index in [0.717, 1.165) is 0 Å². The van der Waals surface area contributed by atoms with Gasteiger partial charge >= 0.3 is 0 Å². The Morgan fingerprint density at radius 3 is 2.74 bits per heavy atom. The highest BCUT2D eigenvalue weighted by Crippen LogP contribution is 2.27. The Bertz CT molecular complexity index is 390. The van der Waals surface area contributed by atoms with Gasteiger partial charge in [0.15, 0.2) is 0 Å². The fourth-order valence-corrected chi connectivity index (χ4v) is 1.93. The smallest absolute Gasteiger partial charge is 0.138 e. The van der Waals surface area contributed by atoms with Crippen molar-refractivity contribution in [1.29, 1.82) is 0 Å². The summed E-state index contributed by atoms with van der Waals surface area (Å²) in [6.07, 6.45) is 0.00392. The van der Waals surface area contributed by atoms with Crippen LogP contribution in [0.2, 0.25) is 10.0 Å². The molecule has 0 radical (unpaired) electrons. The minimum Gasteiger partial charge on any atom is -0.489 e. The first-order valence-corrected chi connectivity index (χ1v) is 6.88. The van der Waals surface area contributed by atoms with Crippen molar-refractivity contribution in [3.63, 3.8) is 0 Å². The maximum Gasteiger partial charge on any atom is 0.138 e. The van der Waals surface area contributed by atoms with Crippen LogP contribution in [0, 0.1) is 0 Å². The topological polar surface area (TPSA) is 61.7 Å². The summed E-state index contributed by atoms with van der Waals surface area (Å²) in [5.74, 6) is 0.494. The van der Waals surface area contributed by atoms with Gasteiger partial charge in [0, 0.05) is 24.2 Å². The highest BCUT2D eigenvalue weighted by Gasteiger charge is 2.09. The molecule has 6 heteroatoms. The molecular weight excluding hydrogens is 289 g/mol. The van der Waals surface area contributed by atoms with Crippen LogP contribution in [0.4, 0.5) is 0 Å². The standard InChI is InChI=1S/C13H19Cl2NO3/c1-9(4-5-17)16-7-11(18)8-19-13-3-2-10(14)6-12(13)15/h2-3,6,9,11,16-18H,4-5,7-8H2,1H3. The monoisotopic (exact) mass is 307 g/mol. The largest absolute Gasteiger partial charge is 0.489 e. The summed E-state index contributed by atoms with van der Waals surface area (Å²) in [7, 11) is 0. The Balaban J connectivity index is 2.31. The number of hydrogen-bond donors (Lipinski definition) is 3. The lowest BCUT2D eigenvalue weighted by atomic mass is 10.2. The molecule has 0 spiro atoms. The molecule has 0 saturated carbocycles. The van der Waals surface area contributed by atoms with E-state index >= 15 is 0 Å². The van der Waals surface area contributed by atoms with Crippen molar-refractivity contribution in [3.8, 4) is 5.75 Å². The molecule has 0 fully saturated rings. The molecule has 0 aromatic heterocycles. The molecule has 1 aromatic carbocycles. The van der Waals surface area contributed by atoms with Crippen molar-refractivity contribution in [2.45, 2.75) is 25.5 Å². The summed E-state index contributed by atoms with van der Waals surface area (Å²) >= 11 is 11.7. The van der Waals surface area contributed by atoms with Crippen LogP contribution in [0.5, 0.6) is 5.75 Å². The third kappa shape index (κ3) is 6.45. The van der Waals surface area contributed by atoms with Crippen LogP contribution >= 0.6 is 23.2 Å². The highest BCUT2D eigenvalue weighted by molar-refractivity contribution is 6.35. The molecule has 108 valence electrons. The minimum absolute atomic E-state index is 0.126. The average molecular weight is 308 g/mol. The fourth-order valence-electron chi connectivity index (χ4n) is 1.47. The quantitative estimate of drug-likeness (QED) is 0.688. The summed E-state index contributed by atoms with van der Waals surface area (Å²) < 4.78 is 5.42. The zero-order valence-electron chi connectivity index (χ0n) is 10.8. The van der Waals surface area contributed by atoms with Crippen molar-refractivity contribution >= 4 is 23.2 Å². The van der Waals surface area contributed by atoms with E-state index < -0.39 is 6.10 Å². The average Bonchev–Trinajstić information content (AvgIpc) is 2.35. The molecule has 0 heterocycles. The van der Waals surface area contributed by atoms with Crippen LogP contribution in [-0.4, -0.2) is 42.1 Å². The van der Waals surface area contributed by atoms with E-state index in [1.54, 1.807) is 18.2 Å². The molecule has 4 nitrogen and oxygen atoms in total. The van der Waals surface area contributed by atoms with Crippen molar-refractivity contribution in [1.82, 2.24) is 5.32 Å². The molecule has 2 unspecified atom stereocenters. The molecule has 0 aliphatic heterocycles. The number of aliphatic hydroxyl groups is 2. The molecule has 2 atom stereocenters. The molecular formula is C13H19Cl2NO3. The molecule has 0 aliphatic rings. The van der Waals surface area contributed by atoms with Gasteiger partial charge in [0.2, 0.25) is 0 Å². The second kappa shape index (κ2) is 8.61. The van der Waals surface area contributed by atoms with Gasteiger partial charge in [-0.25, -0.2) is 0 Å². The summed E-state index contributed by atoms with van der Waals surface area (Å²) in [5, 5.41) is 22.6. The first-order valence-electron chi connectivity index (χ1n) is 6.13. The lowest BCUT2D eigenvalue weighted by molar-refractivity contribution is 0.103. The van der Waals surface area contributed by atoms with E-state index in [0.29, 0.717) is 28.8 Å². The third-order valence-corrected chi connectivity index (χ3v) is 3.12. The van der Waals surface area contributed by atoms with E-state index in [-0.39, 0.29) is 19.3 Å². The SMILES string of the molecule is CC(CCO)NCC(O)COc1ccc(Cl)cc1Cl. The van der Waals surface area contributed by atoms with E-state index in [4.69, 9.17) is 33.0 Å². The van der Waals surface area contributed by atoms with Gasteiger partial charge in [0.1, 0.15) is 18.5 Å². The number of halogens is 2. The first-order chi connectivity index (χ1) is 9.02. The van der Waals surface area contributed by atoms with Gasteiger partial charge in [-0.15, -0.1) is 0 Å². The molecule has 0 aliphatic carbocycles. The van der Waals surface area contributed by atoms with Crippen LogP contribution in [0.3, 0.4) is 0 Å². The van der Waals surface area contributed by atoms with Gasteiger partial charge in [0.25, 0.3) is 0 Å². The van der Waals surface area contributed by atoms with E-state index in [1.165, 1.54) is 0 Å².